The fourth-order valence-corrected chi connectivity index (χ4v) is 0.289. The van der Waals surface area contributed by atoms with Crippen molar-refractivity contribution in [2.45, 2.75) is 19.8 Å². The van der Waals surface area contributed by atoms with E-state index in [1.807, 2.05) is 0 Å². The number of halogens is 12. The topological polar surface area (TPSA) is 9.23 Å². The Labute approximate surface area is 163 Å². The van der Waals surface area contributed by atoms with E-state index in [2.05, 4.69) is 6.92 Å². The van der Waals surface area contributed by atoms with Gasteiger partial charge >= 0.3 is 73.1 Å². The minimum atomic E-state index is -6.00. The maximum absolute atomic E-state index is 9.75. The van der Waals surface area contributed by atoms with Crippen molar-refractivity contribution in [1.29, 1.82) is 0 Å². The monoisotopic (exact) mass is 389 g/mol. The number of ether oxygens (including phenoxy) is 1. The molecule has 17 heteroatoms. The standard InChI is InChI=1S/C5H12O.3BF4.K.H/c1-3-4-5-6-2;3*2-1(3,4)5;;/h3-5H2,1-2H3;;;;;/q;3*-1;+1;-1. The summed E-state index contributed by atoms with van der Waals surface area (Å²) < 4.78 is 122. The van der Waals surface area contributed by atoms with Crippen molar-refractivity contribution in [3.63, 3.8) is 0 Å². The minimum absolute atomic E-state index is 0. The zero-order valence-electron chi connectivity index (χ0n) is 12.8. The molecule has 0 aromatic rings. The first-order chi connectivity index (χ1) is 8.91. The normalized spacial score (nSPS) is 10.6. The molecule has 0 rings (SSSR count). The summed E-state index contributed by atoms with van der Waals surface area (Å²) in [4.78, 5) is 0. The van der Waals surface area contributed by atoms with Gasteiger partial charge in [0.25, 0.3) is 0 Å². The molecular formula is C5H13B3F12KO-3. The Morgan fingerprint density at radius 2 is 0.864 bits per heavy atom. The predicted molar refractivity (Wildman–Crippen MR) is 58.5 cm³/mol. The fraction of sp³-hybridized carbons (Fsp3) is 1.00. The fourth-order valence-electron chi connectivity index (χ4n) is 0.289. The molecule has 0 fully saturated rings. The van der Waals surface area contributed by atoms with Crippen LogP contribution < -0.4 is 51.4 Å². The average Bonchev–Trinajstić information content (AvgIpc) is 2.06. The summed E-state index contributed by atoms with van der Waals surface area (Å²) in [5.41, 5.74) is 0. The summed E-state index contributed by atoms with van der Waals surface area (Å²) in [6.45, 7) is 3.07. The van der Waals surface area contributed by atoms with Gasteiger partial charge in [-0.2, -0.15) is 0 Å². The van der Waals surface area contributed by atoms with Gasteiger partial charge in [-0.05, 0) is 6.42 Å². The molecule has 136 valence electrons. The minimum Gasteiger partial charge on any atom is -1.00 e. The Kier molecular flexibility index (Phi) is 28.5. The summed E-state index contributed by atoms with van der Waals surface area (Å²) in [7, 11) is -16.3. The van der Waals surface area contributed by atoms with Gasteiger partial charge in [0, 0.05) is 13.7 Å². The molecule has 0 saturated carbocycles. The van der Waals surface area contributed by atoms with Crippen molar-refractivity contribution < 1.29 is 109 Å². The SMILES string of the molecule is CCCCOC.F[B-](F)(F)F.F[B-](F)(F)F.F[B-](F)(F)F.[H-].[K+]. The Bertz CT molecular complexity index is 162. The van der Waals surface area contributed by atoms with Crippen LogP contribution in [-0.2, 0) is 4.74 Å². The number of methoxy groups -OCH3 is 1. The van der Waals surface area contributed by atoms with Gasteiger partial charge < -0.3 is 58.0 Å². The van der Waals surface area contributed by atoms with E-state index in [4.69, 9.17) is 4.74 Å². The summed E-state index contributed by atoms with van der Waals surface area (Å²) >= 11 is 0. The Morgan fingerprint density at radius 3 is 0.909 bits per heavy atom. The van der Waals surface area contributed by atoms with Crippen LogP contribution in [0.2, 0.25) is 0 Å². The van der Waals surface area contributed by atoms with Crippen LogP contribution in [0.4, 0.5) is 51.8 Å². The van der Waals surface area contributed by atoms with E-state index in [-0.39, 0.29) is 52.8 Å². The van der Waals surface area contributed by atoms with Crippen molar-refractivity contribution in [2.24, 2.45) is 0 Å². The van der Waals surface area contributed by atoms with Gasteiger partial charge in [0.15, 0.2) is 0 Å². The van der Waals surface area contributed by atoms with E-state index in [9.17, 15) is 51.8 Å². The van der Waals surface area contributed by atoms with Crippen LogP contribution in [0.15, 0.2) is 0 Å². The smallest absolute Gasteiger partial charge is 1.00 e. The van der Waals surface area contributed by atoms with Crippen molar-refractivity contribution in [3.8, 4) is 0 Å². The molecule has 0 radical (unpaired) electrons. The van der Waals surface area contributed by atoms with Gasteiger partial charge in [0.05, 0.1) is 0 Å². The summed E-state index contributed by atoms with van der Waals surface area (Å²) in [5, 5.41) is 0. The van der Waals surface area contributed by atoms with Gasteiger partial charge in [0.2, 0.25) is 0 Å². The molecule has 0 N–H and O–H groups in total. The van der Waals surface area contributed by atoms with Crippen LogP contribution in [0.25, 0.3) is 0 Å². The number of hydrogen-bond acceptors (Lipinski definition) is 1. The van der Waals surface area contributed by atoms with E-state index in [1.165, 1.54) is 12.8 Å². The summed E-state index contributed by atoms with van der Waals surface area (Å²) in [5.74, 6) is 0. The second-order valence-electron chi connectivity index (χ2n) is 2.83. The first kappa shape index (κ1) is 34.3. The van der Waals surface area contributed by atoms with E-state index in [0.29, 0.717) is 0 Å². The number of unbranched alkanes of at least 4 members (excludes halogenated alkanes) is 1. The predicted octanol–water partition coefficient (Wildman–Crippen LogP) is 2.45. The Morgan fingerprint density at radius 1 is 0.682 bits per heavy atom. The van der Waals surface area contributed by atoms with Crippen molar-refractivity contribution in [2.75, 3.05) is 13.7 Å². The zero-order valence-corrected chi connectivity index (χ0v) is 14.9. The summed E-state index contributed by atoms with van der Waals surface area (Å²) in [6.07, 6.45) is 2.42. The van der Waals surface area contributed by atoms with Crippen molar-refractivity contribution in [1.82, 2.24) is 0 Å². The van der Waals surface area contributed by atoms with Crippen LogP contribution in [0.1, 0.15) is 21.2 Å². The van der Waals surface area contributed by atoms with E-state index in [1.54, 1.807) is 7.11 Å². The van der Waals surface area contributed by atoms with Crippen LogP contribution in [0.5, 0.6) is 0 Å². The molecule has 0 bridgehead atoms. The molecule has 0 atom stereocenters. The van der Waals surface area contributed by atoms with Crippen LogP contribution in [0, 0.1) is 0 Å². The molecular weight excluding hydrogens is 376 g/mol. The van der Waals surface area contributed by atoms with Gasteiger partial charge in [-0.1, -0.05) is 13.3 Å². The van der Waals surface area contributed by atoms with E-state index in [0.717, 1.165) is 6.61 Å². The number of rotatable bonds is 3. The molecule has 0 unspecified atom stereocenters. The van der Waals surface area contributed by atoms with Gasteiger partial charge in [0.1, 0.15) is 0 Å². The van der Waals surface area contributed by atoms with Crippen molar-refractivity contribution >= 4 is 21.8 Å². The first-order valence-corrected chi connectivity index (χ1v) is 5.02. The molecule has 1 nitrogen and oxygen atoms in total. The molecule has 0 heterocycles. The third-order valence-electron chi connectivity index (χ3n) is 0.702. The Hall–Kier alpha value is 0.951. The zero-order chi connectivity index (χ0) is 18.3. The van der Waals surface area contributed by atoms with E-state index < -0.39 is 21.8 Å². The molecule has 0 aliphatic heterocycles. The quantitative estimate of drug-likeness (QED) is 0.410. The molecule has 0 aromatic heterocycles. The third kappa shape index (κ3) is 534. The second-order valence-corrected chi connectivity index (χ2v) is 2.83. The largest absolute Gasteiger partial charge is 1.00 e. The molecule has 22 heavy (non-hydrogen) atoms. The van der Waals surface area contributed by atoms with Crippen LogP contribution >= 0.6 is 0 Å². The molecule has 0 aliphatic rings. The van der Waals surface area contributed by atoms with Crippen LogP contribution in [-0.4, -0.2) is 35.5 Å². The first-order valence-electron chi connectivity index (χ1n) is 5.02. The second kappa shape index (κ2) is 18.3. The molecule has 0 amide bonds. The number of hydrogen-bond donors (Lipinski definition) is 0. The van der Waals surface area contributed by atoms with Crippen molar-refractivity contribution in [3.05, 3.63) is 0 Å². The molecule has 0 aromatic carbocycles. The Balaban J connectivity index is -0.0000000408. The summed E-state index contributed by atoms with van der Waals surface area (Å²) in [6, 6.07) is 0. The van der Waals surface area contributed by atoms with E-state index >= 15 is 0 Å². The molecule has 0 spiro atoms. The van der Waals surface area contributed by atoms with Crippen LogP contribution in [0.3, 0.4) is 0 Å². The average molecular weight is 389 g/mol. The maximum Gasteiger partial charge on any atom is 1.00 e. The molecule has 0 aliphatic carbocycles. The van der Waals surface area contributed by atoms with Gasteiger partial charge in [-0.15, -0.1) is 0 Å². The molecule has 0 saturated heterocycles. The maximum atomic E-state index is 9.75. The third-order valence-corrected chi connectivity index (χ3v) is 0.702. The van der Waals surface area contributed by atoms with Gasteiger partial charge in [-0.3, -0.25) is 0 Å². The van der Waals surface area contributed by atoms with Gasteiger partial charge in [-0.25, -0.2) is 0 Å².